The molecule has 0 aliphatic carbocycles. The van der Waals surface area contributed by atoms with Crippen LogP contribution in [-0.4, -0.2) is 26.7 Å². The van der Waals surface area contributed by atoms with Crippen LogP contribution in [0.3, 0.4) is 0 Å². The van der Waals surface area contributed by atoms with Gasteiger partial charge in [-0.05, 0) is 0 Å². The van der Waals surface area contributed by atoms with Gasteiger partial charge < -0.3 is 14.4 Å². The Morgan fingerprint density at radius 3 is 2.00 bits per heavy atom. The first-order valence-corrected chi connectivity index (χ1v) is 3.74. The predicted octanol–water partition coefficient (Wildman–Crippen LogP) is -3.29. The van der Waals surface area contributed by atoms with Crippen LogP contribution in [0.1, 0.15) is 0 Å². The van der Waals surface area contributed by atoms with Crippen molar-refractivity contribution in [3.63, 3.8) is 0 Å². The Hall–Kier alpha value is 0.980. The van der Waals surface area contributed by atoms with Gasteiger partial charge in [0.25, 0.3) is 0 Å². The third-order valence-electron chi connectivity index (χ3n) is 0.824. The molecular weight excluding hydrogens is 166 g/mol. The first-order chi connectivity index (χ1) is 4.20. The summed E-state index contributed by atoms with van der Waals surface area (Å²) >= 11 is 0. The fourth-order valence-corrected chi connectivity index (χ4v) is 0.909. The van der Waals surface area contributed by atoms with Crippen LogP contribution in [0, 0.1) is 0 Å². The molecule has 0 bridgehead atoms. The van der Waals surface area contributed by atoms with Crippen molar-refractivity contribution < 1.29 is 48.5 Å². The molecule has 0 saturated heterocycles. The molecular formula is C4H9NaO4P+. The van der Waals surface area contributed by atoms with Crippen molar-refractivity contribution in [2.45, 2.75) is 6.29 Å². The molecule has 54 valence electrons. The average molecular weight is 175 g/mol. The van der Waals surface area contributed by atoms with E-state index in [1.165, 1.54) is 14.2 Å². The van der Waals surface area contributed by atoms with Crippen molar-refractivity contribution in [2.75, 3.05) is 20.4 Å². The molecule has 10 heavy (non-hydrogen) atoms. The second kappa shape index (κ2) is 8.08. The van der Waals surface area contributed by atoms with Crippen molar-refractivity contribution in [3.8, 4) is 0 Å². The maximum Gasteiger partial charge on any atom is 1.00 e. The predicted molar refractivity (Wildman–Crippen MR) is 30.3 cm³/mol. The molecule has 1 unspecified atom stereocenters. The van der Waals surface area contributed by atoms with Crippen LogP contribution >= 0.6 is 8.03 Å². The van der Waals surface area contributed by atoms with Crippen LogP contribution in [0.15, 0.2) is 0 Å². The van der Waals surface area contributed by atoms with E-state index in [-0.39, 0.29) is 35.7 Å². The molecule has 0 amide bonds. The van der Waals surface area contributed by atoms with Crippen molar-refractivity contribution in [1.29, 1.82) is 0 Å². The molecule has 0 saturated carbocycles. The maximum atomic E-state index is 10.0. The van der Waals surface area contributed by atoms with Gasteiger partial charge in [0.1, 0.15) is 0 Å². The third-order valence-corrected chi connectivity index (χ3v) is 1.42. The minimum Gasteiger partial charge on any atom is -0.595 e. The van der Waals surface area contributed by atoms with E-state index in [0.717, 1.165) is 0 Å². The van der Waals surface area contributed by atoms with Gasteiger partial charge in [-0.15, -0.1) is 0 Å². The minimum atomic E-state index is -2.40. The number of hydrogen-bond acceptors (Lipinski definition) is 4. The first-order valence-electron chi connectivity index (χ1n) is 2.38. The Labute approximate surface area is 83.1 Å². The molecule has 1 atom stereocenters. The summed E-state index contributed by atoms with van der Waals surface area (Å²) in [6, 6.07) is 0. The van der Waals surface area contributed by atoms with Crippen LogP contribution in [-0.2, 0) is 14.0 Å². The summed E-state index contributed by atoms with van der Waals surface area (Å²) in [5.41, 5.74) is 0. The van der Waals surface area contributed by atoms with E-state index in [1.807, 2.05) is 0 Å². The molecule has 0 aromatic heterocycles. The molecule has 0 fully saturated rings. The third kappa shape index (κ3) is 7.09. The second-order valence-electron chi connectivity index (χ2n) is 1.42. The van der Waals surface area contributed by atoms with Crippen LogP contribution in [0.4, 0.5) is 0 Å². The molecule has 0 N–H and O–H groups in total. The zero-order chi connectivity index (χ0) is 7.28. The molecule has 4 nitrogen and oxygen atoms in total. The van der Waals surface area contributed by atoms with Gasteiger partial charge in [0.2, 0.25) is 6.29 Å². The summed E-state index contributed by atoms with van der Waals surface area (Å²) in [5.74, 6) is 0. The quantitative estimate of drug-likeness (QED) is 0.255. The van der Waals surface area contributed by atoms with Gasteiger partial charge in [-0.2, -0.15) is 0 Å². The Morgan fingerprint density at radius 1 is 1.50 bits per heavy atom. The Bertz CT molecular complexity index is 95.3. The van der Waals surface area contributed by atoms with E-state index in [2.05, 4.69) is 9.47 Å². The fraction of sp³-hybridized carbons (Fsp3) is 1.00. The van der Waals surface area contributed by atoms with Gasteiger partial charge in [-0.3, -0.25) is 0 Å². The van der Waals surface area contributed by atoms with Gasteiger partial charge in [-0.25, -0.2) is 0 Å². The summed E-state index contributed by atoms with van der Waals surface area (Å²) in [7, 11) is 0.390. The SMILES string of the molecule is COC(C[P+](=O)[O-])OC.[Na+]. The van der Waals surface area contributed by atoms with Crippen LogP contribution in [0.2, 0.25) is 0 Å². The summed E-state index contributed by atoms with van der Waals surface area (Å²) in [4.78, 5) is 10.0. The van der Waals surface area contributed by atoms with Crippen LogP contribution in [0.5, 0.6) is 0 Å². The van der Waals surface area contributed by atoms with Crippen molar-refractivity contribution in [2.24, 2.45) is 0 Å². The number of methoxy groups -OCH3 is 2. The Kier molecular flexibility index (Phi) is 11.0. The largest absolute Gasteiger partial charge is 1.00 e. The number of hydrogen-bond donors (Lipinski definition) is 0. The van der Waals surface area contributed by atoms with Crippen LogP contribution < -0.4 is 34.5 Å². The smallest absolute Gasteiger partial charge is 0.595 e. The monoisotopic (exact) mass is 175 g/mol. The van der Waals surface area contributed by atoms with E-state index in [4.69, 9.17) is 0 Å². The van der Waals surface area contributed by atoms with Crippen molar-refractivity contribution in [3.05, 3.63) is 0 Å². The molecule has 6 heteroatoms. The minimum absolute atomic E-state index is 0. The van der Waals surface area contributed by atoms with Crippen LogP contribution in [0.25, 0.3) is 0 Å². The van der Waals surface area contributed by atoms with Crippen molar-refractivity contribution in [1.82, 2.24) is 0 Å². The summed E-state index contributed by atoms with van der Waals surface area (Å²) in [6.45, 7) is 0. The van der Waals surface area contributed by atoms with E-state index in [0.29, 0.717) is 0 Å². The molecule has 0 aromatic rings. The molecule has 0 heterocycles. The zero-order valence-electron chi connectivity index (χ0n) is 6.36. The molecule has 0 aliphatic heterocycles. The molecule has 0 aliphatic rings. The fourth-order valence-electron chi connectivity index (χ4n) is 0.367. The summed E-state index contributed by atoms with van der Waals surface area (Å²) < 4.78 is 19.2. The van der Waals surface area contributed by atoms with Gasteiger partial charge in [-0.1, -0.05) is 4.57 Å². The summed E-state index contributed by atoms with van der Waals surface area (Å²) in [5, 5.41) is 0. The van der Waals surface area contributed by atoms with Gasteiger partial charge >= 0.3 is 37.6 Å². The Balaban J connectivity index is 0. The normalized spacial score (nSPS) is 11.0. The molecule has 0 spiro atoms. The van der Waals surface area contributed by atoms with E-state index >= 15 is 0 Å². The zero-order valence-corrected chi connectivity index (χ0v) is 9.26. The number of ether oxygens (including phenoxy) is 2. The van der Waals surface area contributed by atoms with E-state index < -0.39 is 14.3 Å². The van der Waals surface area contributed by atoms with Gasteiger partial charge in [0, 0.05) is 14.2 Å². The van der Waals surface area contributed by atoms with E-state index in [9.17, 15) is 9.46 Å². The summed E-state index contributed by atoms with van der Waals surface area (Å²) in [6.07, 6.45) is -0.700. The van der Waals surface area contributed by atoms with Gasteiger partial charge in [0.05, 0.1) is 0 Å². The molecule has 0 rings (SSSR count). The van der Waals surface area contributed by atoms with Gasteiger partial charge in [0.15, 0.2) is 6.16 Å². The average Bonchev–Trinajstić information content (AvgIpc) is 1.82. The topological polar surface area (TPSA) is 58.6 Å². The standard InChI is InChI=1S/C4H9O4P.Na/c1-7-4(8-2)3-9(5)6;/h4H,3H2,1-2H3;/q;+1. The van der Waals surface area contributed by atoms with Crippen molar-refractivity contribution >= 4 is 8.03 Å². The van der Waals surface area contributed by atoms with E-state index in [1.54, 1.807) is 0 Å². The number of rotatable bonds is 4. The first kappa shape index (κ1) is 13.6. The molecule has 0 aromatic carbocycles. The second-order valence-corrected chi connectivity index (χ2v) is 2.45. The molecule has 0 radical (unpaired) electrons. The maximum absolute atomic E-state index is 10.0. The Morgan fingerprint density at radius 2 is 1.90 bits per heavy atom.